The molecule has 3 rings (SSSR count). The number of hydrogen-bond donors (Lipinski definition) is 1. The van der Waals surface area contributed by atoms with Crippen LogP contribution >= 0.6 is 0 Å². The van der Waals surface area contributed by atoms with Crippen LogP contribution < -0.4 is 10.1 Å². The first-order valence-corrected chi connectivity index (χ1v) is 7.61. The number of aromatic nitrogens is 2. The quantitative estimate of drug-likeness (QED) is 0.758. The topological polar surface area (TPSA) is 64.1 Å². The Balaban J connectivity index is 1.50. The van der Waals surface area contributed by atoms with Crippen molar-refractivity contribution in [1.82, 2.24) is 15.3 Å². The molecule has 0 saturated carbocycles. The number of carbonyl (C=O) groups excluding carboxylic acids is 1. The van der Waals surface area contributed by atoms with Gasteiger partial charge >= 0.3 is 0 Å². The van der Waals surface area contributed by atoms with Gasteiger partial charge in [-0.25, -0.2) is 0 Å². The minimum Gasteiger partial charge on any atom is -0.487 e. The van der Waals surface area contributed by atoms with Gasteiger partial charge in [-0.05, 0) is 42.0 Å². The first kappa shape index (κ1) is 15.7. The molecule has 0 spiro atoms. The van der Waals surface area contributed by atoms with Crippen LogP contribution in [0, 0.1) is 0 Å². The zero-order chi connectivity index (χ0) is 16.6. The van der Waals surface area contributed by atoms with Gasteiger partial charge in [0.1, 0.15) is 12.4 Å². The fourth-order valence-electron chi connectivity index (χ4n) is 2.13. The molecule has 0 atom stereocenters. The van der Waals surface area contributed by atoms with Crippen molar-refractivity contribution >= 4 is 5.91 Å². The molecule has 0 bridgehead atoms. The van der Waals surface area contributed by atoms with Crippen LogP contribution in [0.3, 0.4) is 0 Å². The second-order valence-electron chi connectivity index (χ2n) is 5.18. The van der Waals surface area contributed by atoms with Gasteiger partial charge in [0.2, 0.25) is 0 Å². The minimum atomic E-state index is -0.140. The molecule has 1 aromatic carbocycles. The van der Waals surface area contributed by atoms with E-state index < -0.39 is 0 Å². The molecule has 0 aliphatic carbocycles. The molecule has 2 aromatic heterocycles. The maximum absolute atomic E-state index is 12.0. The fourth-order valence-corrected chi connectivity index (χ4v) is 2.13. The maximum Gasteiger partial charge on any atom is 0.253 e. The van der Waals surface area contributed by atoms with Crippen molar-refractivity contribution in [3.8, 4) is 5.75 Å². The SMILES string of the molecule is O=C(NCc1ccc(OCc2ccccn2)cc1)c1cccnc1. The van der Waals surface area contributed by atoms with Crippen LogP contribution in [0.15, 0.2) is 73.2 Å². The highest BCUT2D eigenvalue weighted by atomic mass is 16.5. The third-order valence-electron chi connectivity index (χ3n) is 3.41. The third kappa shape index (κ3) is 4.39. The molecule has 1 N–H and O–H groups in total. The van der Waals surface area contributed by atoms with Crippen LogP contribution in [0.4, 0.5) is 0 Å². The predicted molar refractivity (Wildman–Crippen MR) is 90.4 cm³/mol. The highest BCUT2D eigenvalue weighted by Crippen LogP contribution is 2.13. The average Bonchev–Trinajstić information content (AvgIpc) is 2.67. The molecule has 1 amide bonds. The smallest absolute Gasteiger partial charge is 0.253 e. The highest BCUT2D eigenvalue weighted by Gasteiger charge is 2.04. The second kappa shape index (κ2) is 7.87. The number of amides is 1. The Bertz CT molecular complexity index is 775. The van der Waals surface area contributed by atoms with Gasteiger partial charge in [-0.15, -0.1) is 0 Å². The summed E-state index contributed by atoms with van der Waals surface area (Å²) < 4.78 is 5.68. The fraction of sp³-hybridized carbons (Fsp3) is 0.105. The highest BCUT2D eigenvalue weighted by molar-refractivity contribution is 5.93. The van der Waals surface area contributed by atoms with Gasteiger partial charge in [0.05, 0.1) is 11.3 Å². The van der Waals surface area contributed by atoms with E-state index in [4.69, 9.17) is 4.74 Å². The van der Waals surface area contributed by atoms with E-state index in [0.717, 1.165) is 17.0 Å². The lowest BCUT2D eigenvalue weighted by molar-refractivity contribution is 0.0950. The Morgan fingerprint density at radius 3 is 2.58 bits per heavy atom. The van der Waals surface area contributed by atoms with Crippen LogP contribution in [0.1, 0.15) is 21.6 Å². The van der Waals surface area contributed by atoms with E-state index in [1.165, 1.54) is 0 Å². The molecule has 24 heavy (non-hydrogen) atoms. The summed E-state index contributed by atoms with van der Waals surface area (Å²) in [7, 11) is 0. The Labute approximate surface area is 140 Å². The minimum absolute atomic E-state index is 0.140. The van der Waals surface area contributed by atoms with Gasteiger partial charge in [-0.2, -0.15) is 0 Å². The number of nitrogens with zero attached hydrogens (tertiary/aromatic N) is 2. The lowest BCUT2D eigenvalue weighted by atomic mass is 10.2. The standard InChI is InChI=1S/C19H17N3O2/c23-19(16-4-3-10-20-13-16)22-12-15-6-8-18(9-7-15)24-14-17-5-1-2-11-21-17/h1-11,13H,12,14H2,(H,22,23). The lowest BCUT2D eigenvalue weighted by Crippen LogP contribution is -2.22. The van der Waals surface area contributed by atoms with E-state index in [9.17, 15) is 4.79 Å². The van der Waals surface area contributed by atoms with Crippen molar-refractivity contribution in [2.75, 3.05) is 0 Å². The largest absolute Gasteiger partial charge is 0.487 e. The van der Waals surface area contributed by atoms with Crippen LogP contribution in [0.5, 0.6) is 5.75 Å². The third-order valence-corrected chi connectivity index (χ3v) is 3.41. The number of carbonyl (C=O) groups is 1. The van der Waals surface area contributed by atoms with Gasteiger partial charge in [0.25, 0.3) is 5.91 Å². The number of hydrogen-bond acceptors (Lipinski definition) is 4. The summed E-state index contributed by atoms with van der Waals surface area (Å²) in [6, 6.07) is 16.8. The molecule has 0 saturated heterocycles. The van der Waals surface area contributed by atoms with E-state index in [1.807, 2.05) is 42.5 Å². The van der Waals surface area contributed by atoms with Gasteiger partial charge in [0.15, 0.2) is 0 Å². The van der Waals surface area contributed by atoms with Crippen LogP contribution in [0.25, 0.3) is 0 Å². The summed E-state index contributed by atoms with van der Waals surface area (Å²) in [6.07, 6.45) is 4.93. The van der Waals surface area contributed by atoms with Crippen LogP contribution in [-0.2, 0) is 13.2 Å². The zero-order valence-corrected chi connectivity index (χ0v) is 13.1. The van der Waals surface area contributed by atoms with Gasteiger partial charge in [-0.1, -0.05) is 18.2 Å². The number of ether oxygens (including phenoxy) is 1. The van der Waals surface area contributed by atoms with Crippen molar-refractivity contribution in [2.24, 2.45) is 0 Å². The summed E-state index contributed by atoms with van der Waals surface area (Å²) >= 11 is 0. The van der Waals surface area contributed by atoms with Crippen molar-refractivity contribution in [3.05, 3.63) is 90.0 Å². The predicted octanol–water partition coefficient (Wildman–Crippen LogP) is 2.99. The molecule has 2 heterocycles. The molecule has 0 unspecified atom stereocenters. The van der Waals surface area contributed by atoms with E-state index in [-0.39, 0.29) is 5.91 Å². The van der Waals surface area contributed by atoms with Crippen molar-refractivity contribution < 1.29 is 9.53 Å². The number of rotatable bonds is 6. The Morgan fingerprint density at radius 1 is 1.00 bits per heavy atom. The first-order chi connectivity index (χ1) is 11.8. The Hall–Kier alpha value is -3.21. The lowest BCUT2D eigenvalue weighted by Gasteiger charge is -2.08. The average molecular weight is 319 g/mol. The molecule has 5 nitrogen and oxygen atoms in total. The van der Waals surface area contributed by atoms with E-state index in [0.29, 0.717) is 18.7 Å². The molecule has 0 radical (unpaired) electrons. The summed E-state index contributed by atoms with van der Waals surface area (Å²) in [5.74, 6) is 0.626. The van der Waals surface area contributed by atoms with E-state index in [1.54, 1.807) is 30.7 Å². The summed E-state index contributed by atoms with van der Waals surface area (Å²) in [4.78, 5) is 20.1. The molecule has 5 heteroatoms. The molecule has 0 aliphatic rings. The van der Waals surface area contributed by atoms with E-state index in [2.05, 4.69) is 15.3 Å². The summed E-state index contributed by atoms with van der Waals surface area (Å²) in [5, 5.41) is 2.86. The molecular weight excluding hydrogens is 302 g/mol. The Kier molecular flexibility index (Phi) is 5.14. The number of pyridine rings is 2. The van der Waals surface area contributed by atoms with Crippen molar-refractivity contribution in [3.63, 3.8) is 0 Å². The molecule has 0 aliphatic heterocycles. The maximum atomic E-state index is 12.0. The van der Waals surface area contributed by atoms with Gasteiger partial charge in [-0.3, -0.25) is 14.8 Å². The summed E-state index contributed by atoms with van der Waals surface area (Å²) in [5.41, 5.74) is 2.43. The second-order valence-corrected chi connectivity index (χ2v) is 5.18. The van der Waals surface area contributed by atoms with E-state index >= 15 is 0 Å². The first-order valence-electron chi connectivity index (χ1n) is 7.61. The number of nitrogens with one attached hydrogen (secondary N) is 1. The van der Waals surface area contributed by atoms with Crippen molar-refractivity contribution in [2.45, 2.75) is 13.2 Å². The monoisotopic (exact) mass is 319 g/mol. The zero-order valence-electron chi connectivity index (χ0n) is 13.1. The van der Waals surface area contributed by atoms with Crippen molar-refractivity contribution in [1.29, 1.82) is 0 Å². The molecule has 0 fully saturated rings. The van der Waals surface area contributed by atoms with Crippen LogP contribution in [0.2, 0.25) is 0 Å². The van der Waals surface area contributed by atoms with Gasteiger partial charge in [0, 0.05) is 25.1 Å². The normalized spacial score (nSPS) is 10.2. The van der Waals surface area contributed by atoms with Gasteiger partial charge < -0.3 is 10.1 Å². The number of benzene rings is 1. The van der Waals surface area contributed by atoms with Crippen LogP contribution in [-0.4, -0.2) is 15.9 Å². The molecular formula is C19H17N3O2. The molecule has 3 aromatic rings. The molecule has 120 valence electrons. The summed E-state index contributed by atoms with van der Waals surface area (Å²) in [6.45, 7) is 0.881. The Morgan fingerprint density at radius 2 is 1.88 bits per heavy atom.